The second-order valence-electron chi connectivity index (χ2n) is 6.44. The van der Waals surface area contributed by atoms with Crippen LogP contribution in [-0.2, 0) is 11.2 Å². The van der Waals surface area contributed by atoms with Crippen molar-refractivity contribution in [2.24, 2.45) is 4.99 Å². The molecule has 1 amide bonds. The Kier molecular flexibility index (Phi) is 5.38. The van der Waals surface area contributed by atoms with Crippen LogP contribution in [0.2, 0.25) is 0 Å². The summed E-state index contributed by atoms with van der Waals surface area (Å²) in [7, 11) is 0. The lowest BCUT2D eigenvalue weighted by Crippen LogP contribution is -2.45. The van der Waals surface area contributed by atoms with E-state index in [9.17, 15) is 14.9 Å². The van der Waals surface area contributed by atoms with Crippen LogP contribution in [0.1, 0.15) is 26.3 Å². The molecule has 0 atom stereocenters. The summed E-state index contributed by atoms with van der Waals surface area (Å²) < 4.78 is 5.35. The van der Waals surface area contributed by atoms with Gasteiger partial charge in [-0.1, -0.05) is 12.1 Å². The summed E-state index contributed by atoms with van der Waals surface area (Å²) in [6, 6.07) is 6.41. The van der Waals surface area contributed by atoms with Crippen molar-refractivity contribution >= 4 is 17.7 Å². The van der Waals surface area contributed by atoms with Crippen LogP contribution in [-0.4, -0.2) is 47.1 Å². The molecule has 1 aliphatic heterocycles. The molecule has 0 unspecified atom stereocenters. The summed E-state index contributed by atoms with van der Waals surface area (Å²) in [5.41, 5.74) is 0.488. The largest absolute Gasteiger partial charge is 0.443 e. The van der Waals surface area contributed by atoms with E-state index in [4.69, 9.17) is 4.74 Å². The number of nitrogens with zero attached hydrogens (tertiary/aromatic N) is 3. The topological polar surface area (TPSA) is 97.1 Å². The lowest BCUT2D eigenvalue weighted by Gasteiger charge is -2.25. The summed E-state index contributed by atoms with van der Waals surface area (Å²) in [6.45, 7) is 7.06. The molecule has 0 radical (unpaired) electrons. The Morgan fingerprint density at radius 1 is 1.38 bits per heavy atom. The minimum absolute atomic E-state index is 0.0722. The number of carbonyl (C=O) groups is 1. The molecule has 130 valence electrons. The van der Waals surface area contributed by atoms with E-state index in [0.717, 1.165) is 5.56 Å². The van der Waals surface area contributed by atoms with Gasteiger partial charge >= 0.3 is 6.09 Å². The summed E-state index contributed by atoms with van der Waals surface area (Å²) in [5, 5.41) is 13.8. The van der Waals surface area contributed by atoms with Crippen LogP contribution in [0.25, 0.3) is 0 Å². The number of hydrogen-bond donors (Lipinski definition) is 1. The third kappa shape index (κ3) is 4.94. The Balaban J connectivity index is 1.85. The van der Waals surface area contributed by atoms with Crippen LogP contribution in [0, 0.1) is 10.1 Å². The molecule has 24 heavy (non-hydrogen) atoms. The highest BCUT2D eigenvalue weighted by Gasteiger charge is 2.28. The SMILES string of the molecule is CC(C)(C)OC(=O)N1CCN=C1NCCc1ccc([N+](=O)[O-])cc1. The number of nitro groups is 1. The average molecular weight is 334 g/mol. The van der Waals surface area contributed by atoms with Crippen molar-refractivity contribution in [3.8, 4) is 0 Å². The number of aliphatic imine (C=N–C) groups is 1. The first-order valence-corrected chi connectivity index (χ1v) is 7.78. The molecule has 0 aliphatic carbocycles. The second-order valence-corrected chi connectivity index (χ2v) is 6.44. The highest BCUT2D eigenvalue weighted by Crippen LogP contribution is 2.13. The van der Waals surface area contributed by atoms with Crippen molar-refractivity contribution < 1.29 is 14.5 Å². The van der Waals surface area contributed by atoms with E-state index in [-0.39, 0.29) is 5.69 Å². The van der Waals surface area contributed by atoms with E-state index < -0.39 is 16.6 Å². The molecule has 0 spiro atoms. The average Bonchev–Trinajstić information content (AvgIpc) is 2.94. The molecule has 1 heterocycles. The minimum atomic E-state index is -0.552. The molecule has 8 heteroatoms. The monoisotopic (exact) mass is 334 g/mol. The zero-order valence-corrected chi connectivity index (χ0v) is 14.1. The minimum Gasteiger partial charge on any atom is -0.443 e. The van der Waals surface area contributed by atoms with Crippen LogP contribution in [0.5, 0.6) is 0 Å². The van der Waals surface area contributed by atoms with Gasteiger partial charge in [-0.05, 0) is 32.8 Å². The Bertz CT molecular complexity index is 634. The fraction of sp³-hybridized carbons (Fsp3) is 0.500. The summed E-state index contributed by atoms with van der Waals surface area (Å²) in [4.78, 5) is 28.1. The van der Waals surface area contributed by atoms with Crippen LogP contribution in [0.4, 0.5) is 10.5 Å². The maximum absolute atomic E-state index is 12.1. The number of guanidine groups is 1. The number of nitro benzene ring substituents is 1. The number of rotatable bonds is 4. The molecular weight excluding hydrogens is 312 g/mol. The third-order valence-corrected chi connectivity index (χ3v) is 3.30. The second kappa shape index (κ2) is 7.29. The standard InChI is InChI=1S/C16H22N4O4/c1-16(2,3)24-15(21)19-11-10-18-14(19)17-9-8-12-4-6-13(7-5-12)20(22)23/h4-7H,8-11H2,1-3H3,(H,17,18). The Morgan fingerprint density at radius 3 is 2.62 bits per heavy atom. The molecule has 1 aliphatic rings. The molecule has 0 aromatic heterocycles. The normalized spacial score (nSPS) is 14.3. The van der Waals surface area contributed by atoms with Crippen LogP contribution in [0.3, 0.4) is 0 Å². The zero-order valence-electron chi connectivity index (χ0n) is 14.1. The number of carbonyl (C=O) groups excluding carboxylic acids is 1. The van der Waals surface area contributed by atoms with Gasteiger partial charge in [-0.2, -0.15) is 0 Å². The first-order chi connectivity index (χ1) is 11.3. The fourth-order valence-electron chi connectivity index (χ4n) is 2.20. The van der Waals surface area contributed by atoms with Gasteiger partial charge < -0.3 is 10.1 Å². The maximum Gasteiger partial charge on any atom is 0.417 e. The van der Waals surface area contributed by atoms with Gasteiger partial charge in [0.15, 0.2) is 0 Å². The van der Waals surface area contributed by atoms with Crippen LogP contribution >= 0.6 is 0 Å². The Hall–Kier alpha value is -2.64. The van der Waals surface area contributed by atoms with Crippen molar-refractivity contribution in [2.45, 2.75) is 32.8 Å². The first-order valence-electron chi connectivity index (χ1n) is 7.78. The molecule has 0 saturated carbocycles. The van der Waals surface area contributed by atoms with Crippen molar-refractivity contribution in [3.63, 3.8) is 0 Å². The van der Waals surface area contributed by atoms with Gasteiger partial charge in [0.2, 0.25) is 5.96 Å². The molecular formula is C16H22N4O4. The molecule has 0 saturated heterocycles. The maximum atomic E-state index is 12.1. The lowest BCUT2D eigenvalue weighted by molar-refractivity contribution is -0.384. The number of ether oxygens (including phenoxy) is 1. The lowest BCUT2D eigenvalue weighted by atomic mass is 10.1. The fourth-order valence-corrected chi connectivity index (χ4v) is 2.20. The van der Waals surface area contributed by atoms with Gasteiger partial charge in [-0.15, -0.1) is 0 Å². The number of non-ortho nitro benzene ring substituents is 1. The molecule has 1 N–H and O–H groups in total. The van der Waals surface area contributed by atoms with Gasteiger partial charge in [0.05, 0.1) is 18.0 Å². The van der Waals surface area contributed by atoms with E-state index in [1.807, 2.05) is 20.8 Å². The molecule has 1 aromatic rings. The van der Waals surface area contributed by atoms with Gasteiger partial charge in [0, 0.05) is 18.7 Å². The Morgan fingerprint density at radius 2 is 2.04 bits per heavy atom. The van der Waals surface area contributed by atoms with E-state index in [0.29, 0.717) is 32.0 Å². The zero-order chi connectivity index (χ0) is 17.7. The summed E-state index contributed by atoms with van der Waals surface area (Å²) in [6.07, 6.45) is 0.251. The van der Waals surface area contributed by atoms with Crippen molar-refractivity contribution in [1.29, 1.82) is 0 Å². The smallest absolute Gasteiger partial charge is 0.417 e. The number of hydrogen-bond acceptors (Lipinski definition) is 6. The third-order valence-electron chi connectivity index (χ3n) is 3.30. The number of amides is 1. The predicted octanol–water partition coefficient (Wildman–Crippen LogP) is 2.33. The van der Waals surface area contributed by atoms with E-state index >= 15 is 0 Å². The Labute approximate surface area is 140 Å². The first kappa shape index (κ1) is 17.7. The highest BCUT2D eigenvalue weighted by molar-refractivity contribution is 5.95. The summed E-state index contributed by atoms with van der Waals surface area (Å²) >= 11 is 0. The van der Waals surface area contributed by atoms with Crippen molar-refractivity contribution in [1.82, 2.24) is 10.2 Å². The van der Waals surface area contributed by atoms with E-state index in [2.05, 4.69) is 10.3 Å². The molecule has 2 rings (SSSR count). The predicted molar refractivity (Wildman–Crippen MR) is 90.0 cm³/mol. The van der Waals surface area contributed by atoms with Gasteiger partial charge in [-0.3, -0.25) is 15.1 Å². The molecule has 8 nitrogen and oxygen atoms in total. The quantitative estimate of drug-likeness (QED) is 0.673. The van der Waals surface area contributed by atoms with Gasteiger partial charge in [0.25, 0.3) is 5.69 Å². The highest BCUT2D eigenvalue weighted by atomic mass is 16.6. The molecule has 0 bridgehead atoms. The van der Waals surface area contributed by atoms with Crippen molar-refractivity contribution in [2.75, 3.05) is 19.6 Å². The van der Waals surface area contributed by atoms with E-state index in [1.54, 1.807) is 12.1 Å². The molecule has 1 aromatic carbocycles. The summed E-state index contributed by atoms with van der Waals surface area (Å²) in [5.74, 6) is 0.506. The van der Waals surface area contributed by atoms with Crippen LogP contribution < -0.4 is 5.32 Å². The molecule has 0 fully saturated rings. The van der Waals surface area contributed by atoms with Gasteiger partial charge in [0.1, 0.15) is 5.60 Å². The number of benzene rings is 1. The van der Waals surface area contributed by atoms with Gasteiger partial charge in [-0.25, -0.2) is 9.69 Å². The van der Waals surface area contributed by atoms with E-state index in [1.165, 1.54) is 17.0 Å². The van der Waals surface area contributed by atoms with Crippen LogP contribution in [0.15, 0.2) is 29.3 Å². The van der Waals surface area contributed by atoms with Crippen molar-refractivity contribution in [3.05, 3.63) is 39.9 Å². The number of nitrogens with one attached hydrogen (secondary N) is 1.